The Morgan fingerprint density at radius 1 is 1.29 bits per heavy atom. The van der Waals surface area contributed by atoms with Crippen LogP contribution in [0.15, 0.2) is 24.3 Å². The molecule has 0 spiro atoms. The zero-order valence-corrected chi connectivity index (χ0v) is 10.3. The fraction of sp³-hybridized carbons (Fsp3) is 0.571. The lowest BCUT2D eigenvalue weighted by Gasteiger charge is -2.37. The van der Waals surface area contributed by atoms with Crippen LogP contribution < -0.4 is 10.1 Å². The molecular formula is C14H19NO2. The smallest absolute Gasteiger partial charge is 0.125 e. The Morgan fingerprint density at radius 3 is 2.71 bits per heavy atom. The molecule has 1 aliphatic heterocycles. The van der Waals surface area contributed by atoms with Gasteiger partial charge in [-0.1, -0.05) is 18.2 Å². The summed E-state index contributed by atoms with van der Waals surface area (Å²) in [4.78, 5) is 0. The van der Waals surface area contributed by atoms with Gasteiger partial charge in [-0.2, -0.15) is 0 Å². The number of benzene rings is 1. The van der Waals surface area contributed by atoms with Crippen molar-refractivity contribution in [3.8, 4) is 5.75 Å². The van der Waals surface area contributed by atoms with E-state index in [0.717, 1.165) is 18.6 Å². The van der Waals surface area contributed by atoms with Gasteiger partial charge >= 0.3 is 0 Å². The molecule has 1 atom stereocenters. The van der Waals surface area contributed by atoms with Gasteiger partial charge in [-0.3, -0.25) is 0 Å². The van der Waals surface area contributed by atoms with Crippen molar-refractivity contribution in [1.29, 1.82) is 0 Å². The van der Waals surface area contributed by atoms with E-state index in [-0.39, 0.29) is 17.7 Å². The average molecular weight is 233 g/mol. The quantitative estimate of drug-likeness (QED) is 0.821. The van der Waals surface area contributed by atoms with Gasteiger partial charge in [0, 0.05) is 11.6 Å². The van der Waals surface area contributed by atoms with Gasteiger partial charge in [-0.05, 0) is 32.8 Å². The van der Waals surface area contributed by atoms with Crippen molar-refractivity contribution in [3.63, 3.8) is 0 Å². The van der Waals surface area contributed by atoms with Gasteiger partial charge < -0.3 is 15.2 Å². The SMILES string of the molecule is CC1(C)Oc2ccccc2C1NC1CC(O)C1. The lowest BCUT2D eigenvalue weighted by atomic mass is 9.86. The van der Waals surface area contributed by atoms with Crippen LogP contribution in [0.1, 0.15) is 38.3 Å². The maximum absolute atomic E-state index is 9.35. The second-order valence-corrected chi connectivity index (χ2v) is 5.67. The number of aliphatic hydroxyl groups excluding tert-OH is 1. The molecule has 0 amide bonds. The van der Waals surface area contributed by atoms with Crippen LogP contribution in [0.25, 0.3) is 0 Å². The van der Waals surface area contributed by atoms with E-state index in [1.165, 1.54) is 5.56 Å². The van der Waals surface area contributed by atoms with E-state index in [4.69, 9.17) is 4.74 Å². The van der Waals surface area contributed by atoms with Crippen molar-refractivity contribution in [2.24, 2.45) is 0 Å². The zero-order valence-electron chi connectivity index (χ0n) is 10.3. The number of hydrogen-bond donors (Lipinski definition) is 2. The third kappa shape index (κ3) is 1.83. The molecule has 2 N–H and O–H groups in total. The molecule has 1 aromatic carbocycles. The summed E-state index contributed by atoms with van der Waals surface area (Å²) >= 11 is 0. The molecule has 1 fully saturated rings. The Bertz CT molecular complexity index is 424. The lowest BCUT2D eigenvalue weighted by molar-refractivity contribution is 0.0339. The first-order valence-electron chi connectivity index (χ1n) is 6.28. The molecule has 0 bridgehead atoms. The van der Waals surface area contributed by atoms with Crippen molar-refractivity contribution in [3.05, 3.63) is 29.8 Å². The van der Waals surface area contributed by atoms with Crippen LogP contribution in [-0.4, -0.2) is 22.9 Å². The van der Waals surface area contributed by atoms with Crippen molar-refractivity contribution >= 4 is 0 Å². The van der Waals surface area contributed by atoms with Crippen LogP contribution in [0.3, 0.4) is 0 Å². The van der Waals surface area contributed by atoms with Crippen molar-refractivity contribution in [1.82, 2.24) is 5.32 Å². The fourth-order valence-electron chi connectivity index (χ4n) is 2.78. The third-order valence-corrected chi connectivity index (χ3v) is 3.81. The van der Waals surface area contributed by atoms with E-state index in [1.807, 2.05) is 18.2 Å². The minimum absolute atomic E-state index is 0.117. The van der Waals surface area contributed by atoms with Crippen LogP contribution in [0, 0.1) is 0 Å². The summed E-state index contributed by atoms with van der Waals surface area (Å²) in [5.74, 6) is 0.981. The molecule has 1 heterocycles. The molecule has 0 radical (unpaired) electrons. The van der Waals surface area contributed by atoms with E-state index in [2.05, 4.69) is 25.2 Å². The molecule has 2 aliphatic rings. The fourth-order valence-corrected chi connectivity index (χ4v) is 2.78. The van der Waals surface area contributed by atoms with E-state index in [1.54, 1.807) is 0 Å². The van der Waals surface area contributed by atoms with Crippen molar-refractivity contribution < 1.29 is 9.84 Å². The predicted octanol–water partition coefficient (Wildman–Crippen LogP) is 2.01. The highest BCUT2D eigenvalue weighted by atomic mass is 16.5. The molecule has 92 valence electrons. The van der Waals surface area contributed by atoms with E-state index in [0.29, 0.717) is 6.04 Å². The number of aliphatic hydroxyl groups is 1. The van der Waals surface area contributed by atoms with E-state index >= 15 is 0 Å². The maximum atomic E-state index is 9.35. The topological polar surface area (TPSA) is 41.5 Å². The highest BCUT2D eigenvalue weighted by Crippen LogP contribution is 2.43. The number of para-hydroxylation sites is 1. The molecule has 0 aromatic heterocycles. The Labute approximate surface area is 102 Å². The molecule has 0 saturated heterocycles. The normalized spacial score (nSPS) is 33.7. The predicted molar refractivity (Wildman–Crippen MR) is 66.1 cm³/mol. The van der Waals surface area contributed by atoms with Crippen molar-refractivity contribution in [2.45, 2.75) is 50.5 Å². The minimum Gasteiger partial charge on any atom is -0.486 e. The second-order valence-electron chi connectivity index (χ2n) is 5.67. The molecule has 3 heteroatoms. The van der Waals surface area contributed by atoms with E-state index in [9.17, 15) is 5.11 Å². The molecule has 1 saturated carbocycles. The van der Waals surface area contributed by atoms with Gasteiger partial charge in [-0.25, -0.2) is 0 Å². The van der Waals surface area contributed by atoms with Gasteiger partial charge in [0.25, 0.3) is 0 Å². The molecule has 3 nitrogen and oxygen atoms in total. The second kappa shape index (κ2) is 3.72. The van der Waals surface area contributed by atoms with Crippen LogP contribution in [0.4, 0.5) is 0 Å². The zero-order chi connectivity index (χ0) is 12.0. The molecule has 17 heavy (non-hydrogen) atoms. The monoisotopic (exact) mass is 233 g/mol. The standard InChI is InChI=1S/C14H19NO2/c1-14(2)13(15-9-7-10(16)8-9)11-5-3-4-6-12(11)17-14/h3-6,9-10,13,15-16H,7-8H2,1-2H3. The summed E-state index contributed by atoms with van der Waals surface area (Å²) < 4.78 is 5.98. The first-order chi connectivity index (χ1) is 8.06. The van der Waals surface area contributed by atoms with Crippen LogP contribution >= 0.6 is 0 Å². The summed E-state index contributed by atoms with van der Waals surface area (Å²) in [6, 6.07) is 8.84. The van der Waals surface area contributed by atoms with Gasteiger partial charge in [0.2, 0.25) is 0 Å². The summed E-state index contributed by atoms with van der Waals surface area (Å²) in [6.07, 6.45) is 1.59. The first kappa shape index (κ1) is 11.1. The summed E-state index contributed by atoms with van der Waals surface area (Å²) in [6.45, 7) is 4.22. The Hall–Kier alpha value is -1.06. The van der Waals surface area contributed by atoms with Crippen LogP contribution in [0.5, 0.6) is 5.75 Å². The summed E-state index contributed by atoms with van der Waals surface area (Å²) in [5, 5.41) is 13.0. The molecule has 1 aliphatic carbocycles. The largest absolute Gasteiger partial charge is 0.486 e. The Balaban J connectivity index is 1.82. The molecular weight excluding hydrogens is 214 g/mol. The molecule has 1 aromatic rings. The van der Waals surface area contributed by atoms with E-state index < -0.39 is 0 Å². The van der Waals surface area contributed by atoms with Crippen molar-refractivity contribution in [2.75, 3.05) is 0 Å². The number of fused-ring (bicyclic) bond motifs is 1. The van der Waals surface area contributed by atoms with Gasteiger partial charge in [0.15, 0.2) is 0 Å². The lowest BCUT2D eigenvalue weighted by Crippen LogP contribution is -2.50. The maximum Gasteiger partial charge on any atom is 0.125 e. The highest BCUT2D eigenvalue weighted by molar-refractivity contribution is 5.42. The van der Waals surface area contributed by atoms with Gasteiger partial charge in [-0.15, -0.1) is 0 Å². The number of hydrogen-bond acceptors (Lipinski definition) is 3. The molecule has 3 rings (SSSR count). The number of nitrogens with one attached hydrogen (secondary N) is 1. The van der Waals surface area contributed by atoms with Gasteiger partial charge in [0.05, 0.1) is 12.1 Å². The third-order valence-electron chi connectivity index (χ3n) is 3.81. The minimum atomic E-state index is -0.218. The summed E-state index contributed by atoms with van der Waals surface area (Å²) in [7, 11) is 0. The Morgan fingerprint density at radius 2 is 2.00 bits per heavy atom. The highest BCUT2D eigenvalue weighted by Gasteiger charge is 2.43. The van der Waals surface area contributed by atoms with Crippen LogP contribution in [-0.2, 0) is 0 Å². The first-order valence-corrected chi connectivity index (χ1v) is 6.28. The Kier molecular flexibility index (Phi) is 2.42. The number of rotatable bonds is 2. The molecule has 1 unspecified atom stereocenters. The number of ether oxygens (including phenoxy) is 1. The average Bonchev–Trinajstić information content (AvgIpc) is 2.48. The summed E-state index contributed by atoms with van der Waals surface area (Å²) in [5.41, 5.74) is 1.02. The van der Waals surface area contributed by atoms with Crippen LogP contribution in [0.2, 0.25) is 0 Å². The van der Waals surface area contributed by atoms with Gasteiger partial charge in [0.1, 0.15) is 11.4 Å².